The van der Waals surface area contributed by atoms with Gasteiger partial charge in [-0.3, -0.25) is 0 Å². The van der Waals surface area contributed by atoms with Crippen LogP contribution < -0.4 is 0 Å². The van der Waals surface area contributed by atoms with Crippen LogP contribution in [0.1, 0.15) is 0 Å². The standard InChI is InChI=1S/C47H30N4/c1-3-13-31(14-4-1)34-23-24-36-30-37(26-25-35(36)29-34)46-48-45(33-16-5-2-6-17-33)49-47(50-46)41-28-27-32-15-7-8-18-38(32)44(41)51-42-21-11-9-19-39(42)40-20-10-12-22-43(40)51/h1-30H. The Morgan fingerprint density at radius 1 is 0.314 bits per heavy atom. The molecule has 8 aromatic carbocycles. The number of para-hydroxylation sites is 2. The molecule has 0 unspecified atom stereocenters. The van der Waals surface area contributed by atoms with Crippen LogP contribution in [0.2, 0.25) is 0 Å². The van der Waals surface area contributed by atoms with E-state index >= 15 is 0 Å². The molecule has 4 heteroatoms. The van der Waals surface area contributed by atoms with Crippen molar-refractivity contribution in [1.29, 1.82) is 0 Å². The summed E-state index contributed by atoms with van der Waals surface area (Å²) in [5.41, 5.74) is 8.54. The molecule has 2 aromatic heterocycles. The normalized spacial score (nSPS) is 11.5. The highest BCUT2D eigenvalue weighted by molar-refractivity contribution is 6.11. The predicted molar refractivity (Wildman–Crippen MR) is 211 cm³/mol. The van der Waals surface area contributed by atoms with Gasteiger partial charge < -0.3 is 4.57 Å². The molecule has 10 rings (SSSR count). The maximum atomic E-state index is 5.27. The second kappa shape index (κ2) is 11.9. The lowest BCUT2D eigenvalue weighted by molar-refractivity contribution is 1.07. The molecule has 0 amide bonds. The molecule has 0 radical (unpaired) electrons. The smallest absolute Gasteiger partial charge is 0.166 e. The van der Waals surface area contributed by atoms with Gasteiger partial charge in [-0.15, -0.1) is 0 Å². The summed E-state index contributed by atoms with van der Waals surface area (Å²) in [4.78, 5) is 15.6. The molecule has 0 aliphatic rings. The summed E-state index contributed by atoms with van der Waals surface area (Å²) in [6.45, 7) is 0. The average molecular weight is 651 g/mol. The van der Waals surface area contributed by atoms with Crippen molar-refractivity contribution >= 4 is 43.4 Å². The fourth-order valence-corrected chi connectivity index (χ4v) is 7.38. The molecule has 0 saturated heterocycles. The number of fused-ring (bicyclic) bond motifs is 5. The van der Waals surface area contributed by atoms with Crippen LogP contribution in [0.5, 0.6) is 0 Å². The Morgan fingerprint density at radius 2 is 0.804 bits per heavy atom. The maximum absolute atomic E-state index is 5.27. The first-order chi connectivity index (χ1) is 25.3. The monoisotopic (exact) mass is 650 g/mol. The summed E-state index contributed by atoms with van der Waals surface area (Å²) in [5.74, 6) is 1.90. The van der Waals surface area contributed by atoms with Crippen molar-refractivity contribution in [1.82, 2.24) is 19.5 Å². The van der Waals surface area contributed by atoms with Crippen molar-refractivity contribution in [2.45, 2.75) is 0 Å². The van der Waals surface area contributed by atoms with Gasteiger partial charge in [0.05, 0.1) is 16.7 Å². The van der Waals surface area contributed by atoms with Crippen LogP contribution in [-0.4, -0.2) is 19.5 Å². The summed E-state index contributed by atoms with van der Waals surface area (Å²) in [6, 6.07) is 63.9. The van der Waals surface area contributed by atoms with Gasteiger partial charge in [0.25, 0.3) is 0 Å². The van der Waals surface area contributed by atoms with E-state index in [0.717, 1.165) is 49.6 Å². The fourth-order valence-electron chi connectivity index (χ4n) is 7.38. The number of benzene rings is 8. The van der Waals surface area contributed by atoms with Gasteiger partial charge >= 0.3 is 0 Å². The van der Waals surface area contributed by atoms with Gasteiger partial charge in [0.1, 0.15) is 0 Å². The zero-order valence-corrected chi connectivity index (χ0v) is 27.6. The number of hydrogen-bond acceptors (Lipinski definition) is 3. The van der Waals surface area contributed by atoms with E-state index in [0.29, 0.717) is 17.5 Å². The minimum atomic E-state index is 0.626. The average Bonchev–Trinajstić information content (AvgIpc) is 3.54. The van der Waals surface area contributed by atoms with Gasteiger partial charge in [0.2, 0.25) is 0 Å². The minimum absolute atomic E-state index is 0.626. The van der Waals surface area contributed by atoms with Crippen molar-refractivity contribution in [2.24, 2.45) is 0 Å². The van der Waals surface area contributed by atoms with Crippen LogP contribution in [-0.2, 0) is 0 Å². The maximum Gasteiger partial charge on any atom is 0.166 e. The van der Waals surface area contributed by atoms with Crippen LogP contribution in [0.15, 0.2) is 182 Å². The highest BCUT2D eigenvalue weighted by atomic mass is 15.1. The fraction of sp³-hybridized carbons (Fsp3) is 0. The van der Waals surface area contributed by atoms with Crippen molar-refractivity contribution in [3.63, 3.8) is 0 Å². The molecular weight excluding hydrogens is 621 g/mol. The van der Waals surface area contributed by atoms with E-state index in [1.54, 1.807) is 0 Å². The zero-order valence-electron chi connectivity index (χ0n) is 27.6. The van der Waals surface area contributed by atoms with E-state index < -0.39 is 0 Å². The third kappa shape index (κ3) is 4.96. The van der Waals surface area contributed by atoms with Gasteiger partial charge in [-0.05, 0) is 57.6 Å². The number of aromatic nitrogens is 4. The molecule has 0 saturated carbocycles. The Balaban J connectivity index is 1.22. The lowest BCUT2D eigenvalue weighted by atomic mass is 9.99. The first-order valence-electron chi connectivity index (χ1n) is 17.2. The van der Waals surface area contributed by atoms with E-state index in [1.807, 2.05) is 24.3 Å². The van der Waals surface area contributed by atoms with E-state index in [4.69, 9.17) is 15.0 Å². The summed E-state index contributed by atoms with van der Waals surface area (Å²) in [5, 5.41) is 7.00. The molecule has 238 valence electrons. The van der Waals surface area contributed by atoms with E-state index in [2.05, 4.69) is 162 Å². The third-order valence-electron chi connectivity index (χ3n) is 9.82. The van der Waals surface area contributed by atoms with Crippen molar-refractivity contribution in [2.75, 3.05) is 0 Å². The predicted octanol–water partition coefficient (Wildman–Crippen LogP) is 11.9. The molecule has 0 atom stereocenters. The molecule has 51 heavy (non-hydrogen) atoms. The molecule has 0 N–H and O–H groups in total. The van der Waals surface area contributed by atoms with Crippen LogP contribution >= 0.6 is 0 Å². The van der Waals surface area contributed by atoms with Gasteiger partial charge in [-0.2, -0.15) is 0 Å². The van der Waals surface area contributed by atoms with Crippen LogP contribution in [0.4, 0.5) is 0 Å². The van der Waals surface area contributed by atoms with Crippen molar-refractivity contribution in [3.8, 4) is 51.0 Å². The third-order valence-corrected chi connectivity index (χ3v) is 9.82. The van der Waals surface area contributed by atoms with Crippen LogP contribution in [0.25, 0.3) is 94.3 Å². The number of hydrogen-bond donors (Lipinski definition) is 0. The SMILES string of the molecule is c1ccc(-c2ccc3cc(-c4nc(-c5ccccc5)nc(-c5ccc6ccccc6c5-n5c6ccccc6c6ccccc65)n4)ccc3c2)cc1. The Hall–Kier alpha value is -6.91. The lowest BCUT2D eigenvalue weighted by Gasteiger charge is -2.17. The van der Waals surface area contributed by atoms with E-state index in [-0.39, 0.29) is 0 Å². The van der Waals surface area contributed by atoms with E-state index in [1.165, 1.54) is 27.3 Å². The molecule has 0 aliphatic heterocycles. The highest BCUT2D eigenvalue weighted by Crippen LogP contribution is 2.40. The first kappa shape index (κ1) is 29.0. The van der Waals surface area contributed by atoms with Gasteiger partial charge in [0.15, 0.2) is 17.5 Å². The van der Waals surface area contributed by atoms with Crippen molar-refractivity contribution in [3.05, 3.63) is 182 Å². The molecule has 0 aliphatic carbocycles. The Labute approximate surface area is 295 Å². The summed E-state index contributed by atoms with van der Waals surface area (Å²) in [6.07, 6.45) is 0. The molecule has 0 bridgehead atoms. The molecule has 2 heterocycles. The highest BCUT2D eigenvalue weighted by Gasteiger charge is 2.21. The lowest BCUT2D eigenvalue weighted by Crippen LogP contribution is -2.04. The number of nitrogens with zero attached hydrogens (tertiary/aromatic N) is 4. The first-order valence-corrected chi connectivity index (χ1v) is 17.2. The van der Waals surface area contributed by atoms with Gasteiger partial charge in [-0.25, -0.2) is 15.0 Å². The van der Waals surface area contributed by atoms with Gasteiger partial charge in [0, 0.05) is 32.8 Å². The second-order valence-corrected chi connectivity index (χ2v) is 12.9. The van der Waals surface area contributed by atoms with Gasteiger partial charge in [-0.1, -0.05) is 152 Å². The molecule has 0 fully saturated rings. The topological polar surface area (TPSA) is 43.6 Å². The Bertz CT molecular complexity index is 2860. The quantitative estimate of drug-likeness (QED) is 0.186. The summed E-state index contributed by atoms with van der Waals surface area (Å²) in [7, 11) is 0. The van der Waals surface area contributed by atoms with Crippen molar-refractivity contribution < 1.29 is 0 Å². The second-order valence-electron chi connectivity index (χ2n) is 12.9. The Morgan fingerprint density at radius 3 is 1.49 bits per heavy atom. The molecule has 0 spiro atoms. The Kier molecular flexibility index (Phi) is 6.78. The summed E-state index contributed by atoms with van der Waals surface area (Å²) < 4.78 is 2.38. The van der Waals surface area contributed by atoms with Crippen LogP contribution in [0.3, 0.4) is 0 Å². The van der Waals surface area contributed by atoms with Crippen LogP contribution in [0, 0.1) is 0 Å². The minimum Gasteiger partial charge on any atom is -0.308 e. The largest absolute Gasteiger partial charge is 0.308 e. The summed E-state index contributed by atoms with van der Waals surface area (Å²) >= 11 is 0. The molecule has 10 aromatic rings. The zero-order chi connectivity index (χ0) is 33.7. The molecular formula is C47H30N4. The van der Waals surface area contributed by atoms with E-state index in [9.17, 15) is 0 Å². The number of rotatable bonds is 5. The molecule has 4 nitrogen and oxygen atoms in total.